The van der Waals surface area contributed by atoms with Gasteiger partial charge in [-0.1, -0.05) is 12.1 Å². The molecule has 0 saturated heterocycles. The van der Waals surface area contributed by atoms with E-state index >= 15 is 0 Å². The third-order valence-corrected chi connectivity index (χ3v) is 7.62. The molecule has 0 aliphatic heterocycles. The van der Waals surface area contributed by atoms with Crippen molar-refractivity contribution in [1.82, 2.24) is 20.3 Å². The molecule has 0 spiro atoms. The molecule has 0 radical (unpaired) electrons. The molecule has 0 bridgehead atoms. The van der Waals surface area contributed by atoms with Crippen LogP contribution in [0.25, 0.3) is 0 Å². The van der Waals surface area contributed by atoms with Crippen LogP contribution < -0.4 is 16.0 Å². The molecule has 0 fully saturated rings. The summed E-state index contributed by atoms with van der Waals surface area (Å²) in [6, 6.07) is 1.62. The van der Waals surface area contributed by atoms with Gasteiger partial charge in [-0.05, 0) is 60.5 Å². The number of carbonyl (C=O) groups is 4. The highest BCUT2D eigenvalue weighted by molar-refractivity contribution is 7.89. The number of hydrogen-bond donors (Lipinski definition) is 3. The van der Waals surface area contributed by atoms with Crippen LogP contribution in [-0.4, -0.2) is 85.4 Å². The summed E-state index contributed by atoms with van der Waals surface area (Å²) in [6.07, 6.45) is -0.324. The Labute approximate surface area is 239 Å². The van der Waals surface area contributed by atoms with Crippen molar-refractivity contribution < 1.29 is 42.0 Å². The van der Waals surface area contributed by atoms with E-state index < -0.39 is 73.1 Å². The lowest BCUT2D eigenvalue weighted by molar-refractivity contribution is -0.387. The number of nitrogens with zero attached hydrogens (tertiary/aromatic N) is 2. The number of hydrogen-bond acceptors (Lipinski definition) is 10. The second-order valence-corrected chi connectivity index (χ2v) is 12.0. The Balaban J connectivity index is 2.74. The smallest absolute Gasteiger partial charge is 0.408 e. The molecule has 0 aliphatic rings. The van der Waals surface area contributed by atoms with Gasteiger partial charge in [0.15, 0.2) is 4.90 Å². The van der Waals surface area contributed by atoms with Gasteiger partial charge in [-0.25, -0.2) is 13.2 Å². The number of rotatable bonds is 14. The number of carbonyl (C=O) groups excluding carboxylic acids is 4. The van der Waals surface area contributed by atoms with Gasteiger partial charge >= 0.3 is 12.1 Å². The maximum atomic E-state index is 13.3. The van der Waals surface area contributed by atoms with Gasteiger partial charge in [0.05, 0.1) is 12.0 Å². The minimum atomic E-state index is -4.47. The van der Waals surface area contributed by atoms with E-state index in [1.807, 2.05) is 0 Å². The van der Waals surface area contributed by atoms with Gasteiger partial charge in [-0.2, -0.15) is 4.31 Å². The van der Waals surface area contributed by atoms with Crippen LogP contribution in [0.2, 0.25) is 0 Å². The molecule has 16 heteroatoms. The lowest BCUT2D eigenvalue weighted by Gasteiger charge is -2.26. The molecule has 0 unspecified atom stereocenters. The van der Waals surface area contributed by atoms with Crippen molar-refractivity contribution in [3.63, 3.8) is 0 Å². The minimum Gasteiger partial charge on any atom is -0.468 e. The number of esters is 1. The lowest BCUT2D eigenvalue weighted by atomic mass is 10.2. The number of methoxy groups -OCH3 is 1. The van der Waals surface area contributed by atoms with Crippen LogP contribution in [0, 0.1) is 10.1 Å². The SMILES string of the molecule is COC(=O)[C@H](C)N(CCCCNC(=O)[C@@H](C)NC(=O)[C@@H](C)NC(=O)OC(C)(C)C)S(=O)(=O)c1ccccc1[N+](=O)[O-]. The van der Waals surface area contributed by atoms with E-state index in [0.717, 1.165) is 23.5 Å². The van der Waals surface area contributed by atoms with Gasteiger partial charge in [0, 0.05) is 19.2 Å². The molecule has 230 valence electrons. The third kappa shape index (κ3) is 11.0. The molecule has 0 aromatic heterocycles. The Bertz CT molecular complexity index is 1220. The highest BCUT2D eigenvalue weighted by Gasteiger charge is 2.37. The first-order valence-corrected chi connectivity index (χ1v) is 14.3. The fraction of sp³-hybridized carbons (Fsp3) is 0.600. The van der Waals surface area contributed by atoms with Gasteiger partial charge in [0.1, 0.15) is 23.7 Å². The zero-order valence-corrected chi connectivity index (χ0v) is 25.1. The highest BCUT2D eigenvalue weighted by Crippen LogP contribution is 2.28. The van der Waals surface area contributed by atoms with E-state index in [0.29, 0.717) is 0 Å². The standard InChI is InChI=1S/C25H39N5O10S/c1-16(27-22(32)17(2)28-24(34)40-25(4,5)6)21(31)26-14-10-11-15-29(18(3)23(33)39-7)41(37,38)20-13-9-8-12-19(20)30(35)36/h8-9,12-13,16-18H,10-11,14-15H2,1-7H3,(H,26,31)(H,27,32)(H,28,34)/t16-,17-,18+/m1/s1. The van der Waals surface area contributed by atoms with Crippen molar-refractivity contribution in [3.8, 4) is 0 Å². The molecule has 1 aromatic rings. The average Bonchev–Trinajstić information content (AvgIpc) is 2.88. The van der Waals surface area contributed by atoms with Crippen LogP contribution in [0.5, 0.6) is 0 Å². The van der Waals surface area contributed by atoms with Gasteiger partial charge in [0.2, 0.25) is 11.8 Å². The number of unbranched alkanes of at least 4 members (excludes halogenated alkanes) is 1. The number of benzene rings is 1. The first kappa shape index (κ1) is 35.2. The lowest BCUT2D eigenvalue weighted by Crippen LogP contribution is -2.52. The van der Waals surface area contributed by atoms with E-state index in [2.05, 4.69) is 20.7 Å². The van der Waals surface area contributed by atoms with Crippen molar-refractivity contribution in [2.45, 2.75) is 83.0 Å². The van der Waals surface area contributed by atoms with E-state index in [9.17, 15) is 37.7 Å². The number of sulfonamides is 1. The molecule has 3 amide bonds. The Morgan fingerprint density at radius 2 is 1.59 bits per heavy atom. The number of para-hydroxylation sites is 1. The number of alkyl carbamates (subject to hydrolysis) is 1. The normalized spacial score (nSPS) is 13.9. The maximum Gasteiger partial charge on any atom is 0.408 e. The quantitative estimate of drug-likeness (QED) is 0.121. The molecular weight excluding hydrogens is 562 g/mol. The fourth-order valence-corrected chi connectivity index (χ4v) is 5.26. The second-order valence-electron chi connectivity index (χ2n) is 10.1. The van der Waals surface area contributed by atoms with Crippen LogP contribution in [0.1, 0.15) is 54.4 Å². The van der Waals surface area contributed by atoms with E-state index in [4.69, 9.17) is 4.74 Å². The van der Waals surface area contributed by atoms with E-state index in [1.165, 1.54) is 32.9 Å². The molecule has 0 aliphatic carbocycles. The topological polar surface area (TPSA) is 203 Å². The predicted molar refractivity (Wildman–Crippen MR) is 147 cm³/mol. The van der Waals surface area contributed by atoms with Crippen molar-refractivity contribution in [1.29, 1.82) is 0 Å². The van der Waals surface area contributed by atoms with Crippen LogP contribution in [-0.2, 0) is 33.9 Å². The zero-order chi connectivity index (χ0) is 31.5. The predicted octanol–water partition coefficient (Wildman–Crippen LogP) is 1.46. The summed E-state index contributed by atoms with van der Waals surface area (Å²) in [5, 5.41) is 18.9. The molecule has 0 heterocycles. The Morgan fingerprint density at radius 1 is 1.00 bits per heavy atom. The highest BCUT2D eigenvalue weighted by atomic mass is 32.2. The fourth-order valence-electron chi connectivity index (χ4n) is 3.47. The molecule has 15 nitrogen and oxygen atoms in total. The van der Waals surface area contributed by atoms with Crippen molar-refractivity contribution in [3.05, 3.63) is 34.4 Å². The Morgan fingerprint density at radius 3 is 2.15 bits per heavy atom. The van der Waals surface area contributed by atoms with Gasteiger partial charge in [-0.3, -0.25) is 24.5 Å². The summed E-state index contributed by atoms with van der Waals surface area (Å²) in [5.41, 5.74) is -1.38. The molecule has 3 atom stereocenters. The molecular formula is C25H39N5O10S. The first-order valence-electron chi connectivity index (χ1n) is 12.8. The second kappa shape index (κ2) is 15.3. The van der Waals surface area contributed by atoms with Crippen molar-refractivity contribution in [2.75, 3.05) is 20.2 Å². The molecule has 41 heavy (non-hydrogen) atoms. The van der Waals surface area contributed by atoms with Crippen molar-refractivity contribution in [2.24, 2.45) is 0 Å². The largest absolute Gasteiger partial charge is 0.468 e. The Kier molecular flexibility index (Phi) is 13.1. The van der Waals surface area contributed by atoms with Gasteiger partial charge < -0.3 is 25.4 Å². The summed E-state index contributed by atoms with van der Waals surface area (Å²) in [4.78, 5) is 58.8. The number of nitrogens with one attached hydrogen (secondary N) is 3. The van der Waals surface area contributed by atoms with Crippen LogP contribution in [0.3, 0.4) is 0 Å². The molecule has 0 saturated carbocycles. The summed E-state index contributed by atoms with van der Waals surface area (Å²) < 4.78 is 37.3. The average molecular weight is 602 g/mol. The molecule has 1 aromatic carbocycles. The zero-order valence-electron chi connectivity index (χ0n) is 24.3. The number of amides is 3. The van der Waals surface area contributed by atoms with Crippen LogP contribution in [0.4, 0.5) is 10.5 Å². The van der Waals surface area contributed by atoms with E-state index in [1.54, 1.807) is 20.8 Å². The maximum absolute atomic E-state index is 13.3. The van der Waals surface area contributed by atoms with Gasteiger partial charge in [-0.15, -0.1) is 0 Å². The summed E-state index contributed by atoms with van der Waals surface area (Å²) in [7, 11) is -3.38. The monoisotopic (exact) mass is 601 g/mol. The summed E-state index contributed by atoms with van der Waals surface area (Å²) in [5.74, 6) is -1.97. The van der Waals surface area contributed by atoms with Crippen molar-refractivity contribution >= 4 is 39.6 Å². The first-order chi connectivity index (χ1) is 18.9. The minimum absolute atomic E-state index is 0.108. The number of nitro groups is 1. The number of ether oxygens (including phenoxy) is 2. The van der Waals surface area contributed by atoms with Gasteiger partial charge in [0.25, 0.3) is 15.7 Å². The summed E-state index contributed by atoms with van der Waals surface area (Å²) in [6.45, 7) is 9.13. The van der Waals surface area contributed by atoms with E-state index in [-0.39, 0.29) is 25.9 Å². The molecule has 3 N–H and O–H groups in total. The third-order valence-electron chi connectivity index (χ3n) is 5.61. The molecule has 1 rings (SSSR count). The van der Waals surface area contributed by atoms with Crippen LogP contribution >= 0.6 is 0 Å². The van der Waals surface area contributed by atoms with Crippen LogP contribution in [0.15, 0.2) is 29.2 Å². The number of nitro benzene ring substituents is 1. The Hall–Kier alpha value is -3.79. The summed E-state index contributed by atoms with van der Waals surface area (Å²) >= 11 is 0.